The van der Waals surface area contributed by atoms with Gasteiger partial charge in [0, 0.05) is 0 Å². The lowest BCUT2D eigenvalue weighted by Gasteiger charge is -2.45. The summed E-state index contributed by atoms with van der Waals surface area (Å²) < 4.78 is 5.38. The first-order valence-corrected chi connectivity index (χ1v) is 5.09. The summed E-state index contributed by atoms with van der Waals surface area (Å²) in [6.07, 6.45) is -5.10. The Morgan fingerprint density at radius 3 is 1.93 bits per heavy atom. The van der Waals surface area contributed by atoms with E-state index in [1.807, 2.05) is 20.8 Å². The summed E-state index contributed by atoms with van der Waals surface area (Å²) in [5.74, 6) is 0. The molecule has 1 fully saturated rings. The molecule has 0 amide bonds. The van der Waals surface area contributed by atoms with Gasteiger partial charge in [-0.3, -0.25) is 0 Å². The Hall–Kier alpha value is -0.200. The van der Waals surface area contributed by atoms with Gasteiger partial charge in [0.2, 0.25) is 0 Å². The lowest BCUT2D eigenvalue weighted by atomic mass is 9.80. The summed E-state index contributed by atoms with van der Waals surface area (Å²) in [7, 11) is 0. The van der Waals surface area contributed by atoms with Crippen LogP contribution in [0.1, 0.15) is 20.8 Å². The van der Waals surface area contributed by atoms with Crippen LogP contribution in [-0.4, -0.2) is 57.6 Å². The monoisotopic (exact) mass is 220 g/mol. The highest BCUT2D eigenvalue weighted by Crippen LogP contribution is 2.32. The normalized spacial score (nSPS) is 43.0. The van der Waals surface area contributed by atoms with Crippen molar-refractivity contribution < 1.29 is 25.2 Å². The first-order valence-electron chi connectivity index (χ1n) is 5.09. The van der Waals surface area contributed by atoms with Crippen molar-refractivity contribution in [2.24, 2.45) is 5.41 Å². The Morgan fingerprint density at radius 1 is 1.00 bits per heavy atom. The van der Waals surface area contributed by atoms with Gasteiger partial charge in [0.1, 0.15) is 24.4 Å². The van der Waals surface area contributed by atoms with Crippen LogP contribution in [0.25, 0.3) is 0 Å². The van der Waals surface area contributed by atoms with Gasteiger partial charge >= 0.3 is 0 Å². The average molecular weight is 220 g/mol. The maximum absolute atomic E-state index is 9.74. The highest BCUT2D eigenvalue weighted by atomic mass is 16.5. The maximum atomic E-state index is 9.74. The molecule has 4 N–H and O–H groups in total. The summed E-state index contributed by atoms with van der Waals surface area (Å²) in [5.41, 5.74) is -0.367. The molecular formula is C10H20O5. The van der Waals surface area contributed by atoms with Crippen molar-refractivity contribution in [1.29, 1.82) is 0 Å². The van der Waals surface area contributed by atoms with Crippen LogP contribution in [0.5, 0.6) is 0 Å². The van der Waals surface area contributed by atoms with Gasteiger partial charge in [-0.2, -0.15) is 0 Å². The first kappa shape index (κ1) is 12.9. The van der Waals surface area contributed by atoms with Gasteiger partial charge in [0.15, 0.2) is 0 Å². The van der Waals surface area contributed by atoms with E-state index in [9.17, 15) is 15.3 Å². The van der Waals surface area contributed by atoms with Crippen LogP contribution in [0.2, 0.25) is 0 Å². The van der Waals surface area contributed by atoms with Crippen LogP contribution in [0.3, 0.4) is 0 Å². The average Bonchev–Trinajstić information content (AvgIpc) is 2.13. The molecular weight excluding hydrogens is 200 g/mol. The van der Waals surface area contributed by atoms with Crippen molar-refractivity contribution >= 4 is 0 Å². The Labute approximate surface area is 89.3 Å². The second kappa shape index (κ2) is 4.35. The van der Waals surface area contributed by atoms with E-state index in [-0.39, 0.29) is 12.0 Å². The molecule has 0 radical (unpaired) electrons. The maximum Gasteiger partial charge on any atom is 0.111 e. The zero-order valence-electron chi connectivity index (χ0n) is 9.29. The predicted octanol–water partition coefficient (Wildman–Crippen LogP) is -1.13. The van der Waals surface area contributed by atoms with E-state index in [0.29, 0.717) is 0 Å². The van der Waals surface area contributed by atoms with Crippen LogP contribution in [0.4, 0.5) is 0 Å². The molecule has 15 heavy (non-hydrogen) atoms. The summed E-state index contributed by atoms with van der Waals surface area (Å²) >= 11 is 0. The molecule has 0 saturated carbocycles. The molecule has 1 heterocycles. The molecule has 1 rings (SSSR count). The molecule has 5 unspecified atom stereocenters. The van der Waals surface area contributed by atoms with Crippen LogP contribution >= 0.6 is 0 Å². The Morgan fingerprint density at radius 2 is 1.53 bits per heavy atom. The summed E-state index contributed by atoms with van der Waals surface area (Å²) in [6.45, 7) is 5.21. The number of aliphatic hydroxyl groups is 4. The van der Waals surface area contributed by atoms with E-state index in [0.717, 1.165) is 0 Å². The molecule has 5 atom stereocenters. The van der Waals surface area contributed by atoms with E-state index in [4.69, 9.17) is 9.84 Å². The molecule has 5 heteroatoms. The molecule has 1 aliphatic rings. The van der Waals surface area contributed by atoms with Gasteiger partial charge in [0.05, 0.1) is 12.7 Å². The lowest BCUT2D eigenvalue weighted by Crippen LogP contribution is -2.61. The topological polar surface area (TPSA) is 90.2 Å². The molecule has 1 aliphatic heterocycles. The molecule has 0 spiro atoms. The largest absolute Gasteiger partial charge is 0.394 e. The van der Waals surface area contributed by atoms with Crippen molar-refractivity contribution in [2.45, 2.75) is 51.3 Å². The second-order valence-electron chi connectivity index (χ2n) is 5.12. The standard InChI is InChI=1S/C10H20O5/c1-10(2,3)9-8(14)7(13)6(12)5(4-11)15-9/h5-9,11-14H,4H2,1-3H3. The van der Waals surface area contributed by atoms with Gasteiger partial charge in [-0.15, -0.1) is 0 Å². The van der Waals surface area contributed by atoms with E-state index >= 15 is 0 Å². The first-order chi connectivity index (χ1) is 6.79. The minimum Gasteiger partial charge on any atom is -0.394 e. The molecule has 0 aliphatic carbocycles. The van der Waals surface area contributed by atoms with Crippen molar-refractivity contribution in [1.82, 2.24) is 0 Å². The summed E-state index contributed by atoms with van der Waals surface area (Å²) in [6, 6.07) is 0. The fourth-order valence-corrected chi connectivity index (χ4v) is 1.82. The smallest absolute Gasteiger partial charge is 0.111 e. The predicted molar refractivity (Wildman–Crippen MR) is 53.2 cm³/mol. The molecule has 1 saturated heterocycles. The zero-order chi connectivity index (χ0) is 11.8. The van der Waals surface area contributed by atoms with Crippen molar-refractivity contribution in [3.63, 3.8) is 0 Å². The minimum atomic E-state index is -1.28. The Balaban J connectivity index is 2.83. The van der Waals surface area contributed by atoms with Crippen LogP contribution in [0.15, 0.2) is 0 Å². The number of rotatable bonds is 1. The van der Waals surface area contributed by atoms with Crippen molar-refractivity contribution in [2.75, 3.05) is 6.61 Å². The van der Waals surface area contributed by atoms with Gasteiger partial charge in [-0.25, -0.2) is 0 Å². The van der Waals surface area contributed by atoms with E-state index in [1.165, 1.54) is 0 Å². The fraction of sp³-hybridized carbons (Fsp3) is 1.00. The third-order valence-corrected chi connectivity index (χ3v) is 2.75. The van der Waals surface area contributed by atoms with Gasteiger partial charge in [-0.1, -0.05) is 20.8 Å². The number of hydrogen-bond donors (Lipinski definition) is 4. The van der Waals surface area contributed by atoms with Crippen molar-refractivity contribution in [3.05, 3.63) is 0 Å². The van der Waals surface area contributed by atoms with E-state index in [2.05, 4.69) is 0 Å². The highest BCUT2D eigenvalue weighted by Gasteiger charge is 2.47. The number of aliphatic hydroxyl groups excluding tert-OH is 4. The molecule has 0 bridgehead atoms. The zero-order valence-corrected chi connectivity index (χ0v) is 9.29. The number of ether oxygens (including phenoxy) is 1. The SMILES string of the molecule is CC(C)(C)C1OC(CO)C(O)C(O)C1O. The summed E-state index contributed by atoms with van der Waals surface area (Å²) in [4.78, 5) is 0. The van der Waals surface area contributed by atoms with Crippen LogP contribution in [0, 0.1) is 5.41 Å². The molecule has 5 nitrogen and oxygen atoms in total. The molecule has 0 aromatic carbocycles. The fourth-order valence-electron chi connectivity index (χ4n) is 1.82. The van der Waals surface area contributed by atoms with E-state index in [1.54, 1.807) is 0 Å². The third kappa shape index (κ3) is 2.49. The summed E-state index contributed by atoms with van der Waals surface area (Å²) in [5, 5.41) is 37.8. The Kier molecular flexibility index (Phi) is 3.73. The molecule has 0 aromatic rings. The van der Waals surface area contributed by atoms with Crippen LogP contribution < -0.4 is 0 Å². The minimum absolute atomic E-state index is 0.367. The number of hydrogen-bond acceptors (Lipinski definition) is 5. The molecule has 0 aromatic heterocycles. The van der Waals surface area contributed by atoms with Gasteiger partial charge in [0.25, 0.3) is 0 Å². The Bertz CT molecular complexity index is 210. The van der Waals surface area contributed by atoms with Crippen LogP contribution in [-0.2, 0) is 4.74 Å². The van der Waals surface area contributed by atoms with E-state index < -0.39 is 30.5 Å². The van der Waals surface area contributed by atoms with Gasteiger partial charge in [-0.05, 0) is 5.41 Å². The second-order valence-corrected chi connectivity index (χ2v) is 5.12. The quantitative estimate of drug-likeness (QED) is 0.449. The molecule has 90 valence electrons. The van der Waals surface area contributed by atoms with Gasteiger partial charge < -0.3 is 25.2 Å². The lowest BCUT2D eigenvalue weighted by molar-refractivity contribution is -0.250. The third-order valence-electron chi connectivity index (χ3n) is 2.75. The van der Waals surface area contributed by atoms with Crippen molar-refractivity contribution in [3.8, 4) is 0 Å². The highest BCUT2D eigenvalue weighted by molar-refractivity contribution is 4.96.